The Morgan fingerprint density at radius 3 is 2.57 bits per heavy atom. The van der Waals surface area contributed by atoms with Gasteiger partial charge in [-0.15, -0.1) is 11.8 Å². The van der Waals surface area contributed by atoms with E-state index in [1.807, 2.05) is 12.1 Å². The van der Waals surface area contributed by atoms with Gasteiger partial charge in [-0.3, -0.25) is 19.3 Å². The molecule has 0 aromatic heterocycles. The monoisotopic (exact) mass is 530 g/mol. The molecule has 0 radical (unpaired) electrons. The first-order valence-electron chi connectivity index (χ1n) is 13.0. The van der Waals surface area contributed by atoms with Crippen LogP contribution in [0.2, 0.25) is 0 Å². The molecule has 37 heavy (non-hydrogen) atoms. The van der Waals surface area contributed by atoms with E-state index in [1.165, 1.54) is 17.5 Å². The second-order valence-corrected chi connectivity index (χ2v) is 12.3. The third kappa shape index (κ3) is 6.05. The average Bonchev–Trinajstić information content (AvgIpc) is 3.29. The fourth-order valence-electron chi connectivity index (χ4n) is 5.16. The topological polar surface area (TPSA) is 108 Å². The molecule has 0 saturated carbocycles. The van der Waals surface area contributed by atoms with Gasteiger partial charge in [-0.25, -0.2) is 4.79 Å². The van der Waals surface area contributed by atoms with Crippen LogP contribution in [-0.4, -0.2) is 75.5 Å². The average molecular weight is 531 g/mol. The maximum atomic E-state index is 13.5. The highest BCUT2D eigenvalue weighted by Gasteiger charge is 2.47. The summed E-state index contributed by atoms with van der Waals surface area (Å²) in [5, 5.41) is 5.94. The van der Waals surface area contributed by atoms with E-state index in [2.05, 4.69) is 22.8 Å². The normalized spacial score (nSPS) is 26.0. The fourth-order valence-corrected chi connectivity index (χ4v) is 6.59. The minimum Gasteiger partial charge on any atom is -0.444 e. The number of hydrogen-bond acceptors (Lipinski definition) is 6. The van der Waals surface area contributed by atoms with Gasteiger partial charge in [0, 0.05) is 12.8 Å². The van der Waals surface area contributed by atoms with Crippen molar-refractivity contribution >= 4 is 35.6 Å². The molecule has 5 atom stereocenters. The van der Waals surface area contributed by atoms with E-state index in [0.717, 1.165) is 24.8 Å². The molecule has 2 heterocycles. The van der Waals surface area contributed by atoms with Crippen LogP contribution in [0.25, 0.3) is 0 Å². The lowest BCUT2D eigenvalue weighted by molar-refractivity contribution is -0.145. The predicted molar refractivity (Wildman–Crippen MR) is 142 cm³/mol. The third-order valence-corrected chi connectivity index (χ3v) is 8.65. The predicted octanol–water partition coefficient (Wildman–Crippen LogP) is 2.98. The molecule has 1 aromatic rings. The van der Waals surface area contributed by atoms with Gasteiger partial charge < -0.3 is 20.3 Å². The van der Waals surface area contributed by atoms with Gasteiger partial charge in [0.15, 0.2) is 0 Å². The highest BCUT2D eigenvalue weighted by molar-refractivity contribution is 8.00. The van der Waals surface area contributed by atoms with E-state index in [1.54, 1.807) is 44.4 Å². The summed E-state index contributed by atoms with van der Waals surface area (Å²) in [6.45, 7) is 6.87. The van der Waals surface area contributed by atoms with Gasteiger partial charge in [-0.1, -0.05) is 24.3 Å². The van der Waals surface area contributed by atoms with Crippen molar-refractivity contribution < 1.29 is 23.9 Å². The van der Waals surface area contributed by atoms with Gasteiger partial charge >= 0.3 is 6.09 Å². The minimum absolute atomic E-state index is 0.0545. The SMILES string of the molecule is C[C@@H](C(=O)N[C@H]1CCC2SC[C@@H](C(=O)N[C@@H]3CCCc4ccccc43)N2C1=O)N(C)C(=O)OC(C)(C)C. The summed E-state index contributed by atoms with van der Waals surface area (Å²) in [4.78, 5) is 55.0. The molecule has 4 rings (SSSR count). The van der Waals surface area contributed by atoms with Gasteiger partial charge in [0.05, 0.1) is 11.4 Å². The first-order chi connectivity index (χ1) is 17.5. The summed E-state index contributed by atoms with van der Waals surface area (Å²) in [7, 11) is 1.50. The van der Waals surface area contributed by atoms with E-state index >= 15 is 0 Å². The summed E-state index contributed by atoms with van der Waals surface area (Å²) in [5.41, 5.74) is 1.74. The first-order valence-corrected chi connectivity index (χ1v) is 14.1. The van der Waals surface area contributed by atoms with Gasteiger partial charge in [-0.2, -0.15) is 0 Å². The van der Waals surface area contributed by atoms with Crippen LogP contribution in [0.3, 0.4) is 0 Å². The number of piperidine rings is 1. The molecule has 1 unspecified atom stereocenters. The number of likely N-dealkylation sites (N-methyl/N-ethyl adjacent to an activating group) is 1. The standard InChI is InChI=1S/C27H38N4O5S/c1-16(30(5)26(35)36-27(2,3)4)23(32)29-20-13-14-22-31(25(20)34)21(15-37-22)24(33)28-19-12-8-10-17-9-6-7-11-18(17)19/h6-7,9,11,16,19-22H,8,10,12-15H2,1-5H3,(H,28,33)(H,29,32)/t16-,19+,20-,21-,22?/m0/s1. The highest BCUT2D eigenvalue weighted by atomic mass is 32.2. The smallest absolute Gasteiger partial charge is 0.410 e. The summed E-state index contributed by atoms with van der Waals surface area (Å²) in [6.07, 6.45) is 3.47. The maximum absolute atomic E-state index is 13.5. The van der Waals surface area contributed by atoms with E-state index < -0.39 is 35.7 Å². The lowest BCUT2D eigenvalue weighted by Gasteiger charge is -2.38. The largest absolute Gasteiger partial charge is 0.444 e. The van der Waals surface area contributed by atoms with E-state index in [4.69, 9.17) is 4.74 Å². The number of amides is 4. The van der Waals surface area contributed by atoms with Crippen molar-refractivity contribution in [1.82, 2.24) is 20.4 Å². The van der Waals surface area contributed by atoms with Crippen molar-refractivity contribution in [2.24, 2.45) is 0 Å². The van der Waals surface area contributed by atoms with Crippen LogP contribution in [0.5, 0.6) is 0 Å². The lowest BCUT2D eigenvalue weighted by atomic mass is 9.87. The Morgan fingerprint density at radius 2 is 1.84 bits per heavy atom. The van der Waals surface area contributed by atoms with Crippen molar-refractivity contribution in [3.8, 4) is 0 Å². The number of rotatable bonds is 5. The fraction of sp³-hybridized carbons (Fsp3) is 0.630. The van der Waals surface area contributed by atoms with Crippen LogP contribution in [0.4, 0.5) is 4.79 Å². The molecule has 9 nitrogen and oxygen atoms in total. The summed E-state index contributed by atoms with van der Waals surface area (Å²) >= 11 is 1.62. The van der Waals surface area contributed by atoms with Crippen molar-refractivity contribution in [3.63, 3.8) is 0 Å². The zero-order chi connectivity index (χ0) is 26.9. The van der Waals surface area contributed by atoms with Crippen LogP contribution in [0.15, 0.2) is 24.3 Å². The Kier molecular flexibility index (Phi) is 8.06. The molecule has 202 valence electrons. The molecule has 1 aliphatic carbocycles. The zero-order valence-electron chi connectivity index (χ0n) is 22.3. The molecule has 2 N–H and O–H groups in total. The number of thioether (sulfide) groups is 1. The molecule has 2 fully saturated rings. The number of nitrogens with one attached hydrogen (secondary N) is 2. The molecular formula is C27H38N4O5S. The molecular weight excluding hydrogens is 492 g/mol. The van der Waals surface area contributed by atoms with Crippen molar-refractivity contribution in [2.45, 2.75) is 94.9 Å². The number of ether oxygens (including phenoxy) is 1. The third-order valence-electron chi connectivity index (χ3n) is 7.29. The van der Waals surface area contributed by atoms with E-state index in [9.17, 15) is 19.2 Å². The highest BCUT2D eigenvalue weighted by Crippen LogP contribution is 2.37. The van der Waals surface area contributed by atoms with Crippen LogP contribution in [0.1, 0.15) is 70.5 Å². The number of carbonyl (C=O) groups excluding carboxylic acids is 4. The molecule has 0 bridgehead atoms. The number of benzene rings is 1. The Hall–Kier alpha value is -2.75. The van der Waals surface area contributed by atoms with Gasteiger partial charge in [0.1, 0.15) is 23.7 Å². The van der Waals surface area contributed by atoms with Crippen LogP contribution >= 0.6 is 11.8 Å². The Morgan fingerprint density at radius 1 is 1.11 bits per heavy atom. The second-order valence-electron chi connectivity index (χ2n) is 11.1. The van der Waals surface area contributed by atoms with Crippen molar-refractivity contribution in [2.75, 3.05) is 12.8 Å². The maximum Gasteiger partial charge on any atom is 0.410 e. The second kappa shape index (κ2) is 10.9. The van der Waals surface area contributed by atoms with Gasteiger partial charge in [0.2, 0.25) is 17.7 Å². The molecule has 0 spiro atoms. The Balaban J connectivity index is 1.39. The molecule has 1 aromatic carbocycles. The summed E-state index contributed by atoms with van der Waals surface area (Å²) in [6, 6.07) is 6.01. The van der Waals surface area contributed by atoms with E-state index in [0.29, 0.717) is 18.6 Å². The summed E-state index contributed by atoms with van der Waals surface area (Å²) < 4.78 is 5.35. The number of fused-ring (bicyclic) bond motifs is 2. The summed E-state index contributed by atoms with van der Waals surface area (Å²) in [5.74, 6) is -0.285. The molecule has 10 heteroatoms. The number of carbonyl (C=O) groups is 4. The van der Waals surface area contributed by atoms with E-state index in [-0.39, 0.29) is 23.2 Å². The Bertz CT molecular complexity index is 1060. The van der Waals surface area contributed by atoms with Crippen LogP contribution in [0, 0.1) is 0 Å². The zero-order valence-corrected chi connectivity index (χ0v) is 23.1. The number of hydrogen-bond donors (Lipinski definition) is 2. The lowest BCUT2D eigenvalue weighted by Crippen LogP contribution is -2.60. The first kappa shape index (κ1) is 27.3. The Labute approximate surface area is 223 Å². The van der Waals surface area contributed by atoms with Crippen molar-refractivity contribution in [1.29, 1.82) is 0 Å². The molecule has 4 amide bonds. The van der Waals surface area contributed by atoms with Crippen LogP contribution < -0.4 is 10.6 Å². The number of nitrogens with zero attached hydrogens (tertiary/aromatic N) is 2. The molecule has 2 saturated heterocycles. The van der Waals surface area contributed by atoms with Gasteiger partial charge in [-0.05, 0) is 70.9 Å². The van der Waals surface area contributed by atoms with Crippen molar-refractivity contribution in [3.05, 3.63) is 35.4 Å². The van der Waals surface area contributed by atoms with Gasteiger partial charge in [0.25, 0.3) is 0 Å². The molecule has 2 aliphatic heterocycles. The number of aryl methyl sites for hydroxylation is 1. The molecule has 3 aliphatic rings. The van der Waals surface area contributed by atoms with Crippen LogP contribution in [-0.2, 0) is 25.5 Å². The minimum atomic E-state index is -0.821. The quantitative estimate of drug-likeness (QED) is 0.606.